The lowest BCUT2D eigenvalue weighted by atomic mass is 10.0. The molecule has 1 aromatic carbocycles. The van der Waals surface area contributed by atoms with Gasteiger partial charge in [-0.2, -0.15) is 0 Å². The Hall–Kier alpha value is -1.88. The van der Waals surface area contributed by atoms with Crippen LogP contribution in [0.5, 0.6) is 0 Å². The fourth-order valence-electron chi connectivity index (χ4n) is 3.84. The zero-order chi connectivity index (χ0) is 23.4. The number of esters is 2. The Morgan fingerprint density at radius 1 is 0.781 bits per heavy atom. The van der Waals surface area contributed by atoms with Gasteiger partial charge in [-0.3, -0.25) is 9.59 Å². The molecule has 32 heavy (non-hydrogen) atoms. The van der Waals surface area contributed by atoms with E-state index in [9.17, 15) is 9.59 Å². The number of benzene rings is 1. The molecule has 2 atom stereocenters. The van der Waals surface area contributed by atoms with E-state index in [2.05, 4.69) is 6.92 Å². The lowest BCUT2D eigenvalue weighted by Gasteiger charge is -2.23. The molecular weight excluding hydrogens is 402 g/mol. The van der Waals surface area contributed by atoms with Crippen LogP contribution < -0.4 is 5.73 Å². The molecule has 0 fully saturated rings. The van der Waals surface area contributed by atoms with Crippen molar-refractivity contribution in [1.29, 1.82) is 0 Å². The summed E-state index contributed by atoms with van der Waals surface area (Å²) in [6, 6.07) is 8.12. The predicted octanol–water partition coefficient (Wildman–Crippen LogP) is 6.64. The van der Waals surface area contributed by atoms with Crippen molar-refractivity contribution >= 4 is 11.9 Å². The van der Waals surface area contributed by atoms with Gasteiger partial charge in [-0.25, -0.2) is 0 Å². The fraction of sp³-hybridized carbons (Fsp3) is 0.704. The Bertz CT molecular complexity index is 605. The minimum Gasteiger partial charge on any atom is -0.465 e. The van der Waals surface area contributed by atoms with Crippen LogP contribution in [0.4, 0.5) is 0 Å². The van der Waals surface area contributed by atoms with Crippen molar-refractivity contribution in [2.24, 2.45) is 5.73 Å². The third-order valence-electron chi connectivity index (χ3n) is 5.76. The lowest BCUT2D eigenvalue weighted by molar-refractivity contribution is -0.157. The molecule has 0 aromatic heterocycles. The third kappa shape index (κ3) is 12.8. The van der Waals surface area contributed by atoms with Crippen LogP contribution >= 0.6 is 0 Å². The van der Waals surface area contributed by atoms with Gasteiger partial charge in [0.15, 0.2) is 6.10 Å². The molecule has 0 bridgehead atoms. The first-order chi connectivity index (χ1) is 15.6. The molecule has 5 heteroatoms. The van der Waals surface area contributed by atoms with E-state index in [1.165, 1.54) is 64.2 Å². The highest BCUT2D eigenvalue weighted by atomic mass is 16.6. The van der Waals surface area contributed by atoms with Gasteiger partial charge < -0.3 is 15.2 Å². The summed E-state index contributed by atoms with van der Waals surface area (Å²) in [4.78, 5) is 24.5. The predicted molar refractivity (Wildman–Crippen MR) is 130 cm³/mol. The highest BCUT2D eigenvalue weighted by Gasteiger charge is 2.30. The molecule has 0 spiro atoms. The number of carbonyl (C=O) groups excluding carboxylic acids is 2. The molecule has 2 N–H and O–H groups in total. The normalized spacial score (nSPS) is 12.8. The van der Waals surface area contributed by atoms with Crippen molar-refractivity contribution in [3.05, 3.63) is 35.9 Å². The molecule has 182 valence electrons. The van der Waals surface area contributed by atoms with E-state index in [1.807, 2.05) is 30.3 Å². The molecule has 0 aliphatic heterocycles. The molecule has 5 nitrogen and oxygen atoms in total. The monoisotopic (exact) mass is 447 g/mol. The average Bonchev–Trinajstić information content (AvgIpc) is 2.80. The second-order valence-electron chi connectivity index (χ2n) is 8.59. The standard InChI is InChI=1S/C27H45NO4/c1-3-5-6-7-8-9-10-11-12-13-14-15-19-22-24(29)32-26(23-20-17-16-18-21-23)25(28)27(30)31-4-2/h16-18,20-21,25-26H,3-15,19,22,28H2,1-2H3. The lowest BCUT2D eigenvalue weighted by Crippen LogP contribution is -2.40. The second-order valence-corrected chi connectivity index (χ2v) is 8.59. The Kier molecular flexibility index (Phi) is 16.4. The summed E-state index contributed by atoms with van der Waals surface area (Å²) in [5.41, 5.74) is 6.75. The number of hydrogen-bond acceptors (Lipinski definition) is 5. The summed E-state index contributed by atoms with van der Waals surface area (Å²) in [6.45, 7) is 4.22. The van der Waals surface area contributed by atoms with Crippen molar-refractivity contribution in [1.82, 2.24) is 0 Å². The van der Waals surface area contributed by atoms with Gasteiger partial charge in [-0.1, -0.05) is 114 Å². The molecule has 0 aliphatic rings. The Morgan fingerprint density at radius 3 is 1.78 bits per heavy atom. The average molecular weight is 448 g/mol. The van der Waals surface area contributed by atoms with E-state index < -0.39 is 18.1 Å². The van der Waals surface area contributed by atoms with Crippen LogP contribution in [-0.2, 0) is 19.1 Å². The highest BCUT2D eigenvalue weighted by molar-refractivity contribution is 5.77. The molecule has 0 aliphatic carbocycles. The van der Waals surface area contributed by atoms with Crippen molar-refractivity contribution in [2.45, 2.75) is 116 Å². The summed E-state index contributed by atoms with van der Waals surface area (Å²) in [6.07, 6.45) is 15.9. The molecule has 0 saturated heterocycles. The Labute approximate surface area is 195 Å². The Balaban J connectivity index is 2.21. The summed E-state index contributed by atoms with van der Waals surface area (Å²) in [7, 11) is 0. The van der Waals surface area contributed by atoms with Gasteiger partial charge in [0, 0.05) is 6.42 Å². The molecule has 0 radical (unpaired) electrons. The second kappa shape index (κ2) is 18.7. The van der Waals surface area contributed by atoms with Gasteiger partial charge in [-0.05, 0) is 18.9 Å². The first-order valence-electron chi connectivity index (χ1n) is 12.8. The van der Waals surface area contributed by atoms with Crippen LogP contribution in [-0.4, -0.2) is 24.6 Å². The van der Waals surface area contributed by atoms with Crippen LogP contribution in [0.2, 0.25) is 0 Å². The number of carbonyl (C=O) groups is 2. The maximum Gasteiger partial charge on any atom is 0.327 e. The number of hydrogen-bond donors (Lipinski definition) is 1. The molecule has 2 unspecified atom stereocenters. The summed E-state index contributed by atoms with van der Waals surface area (Å²) in [5, 5.41) is 0. The first kappa shape index (κ1) is 28.2. The van der Waals surface area contributed by atoms with E-state index in [4.69, 9.17) is 15.2 Å². The highest BCUT2D eigenvalue weighted by Crippen LogP contribution is 2.22. The van der Waals surface area contributed by atoms with E-state index in [0.717, 1.165) is 19.3 Å². The minimum atomic E-state index is -1.03. The van der Waals surface area contributed by atoms with E-state index in [0.29, 0.717) is 12.0 Å². The maximum absolute atomic E-state index is 12.4. The summed E-state index contributed by atoms with van der Waals surface area (Å²) < 4.78 is 10.6. The smallest absolute Gasteiger partial charge is 0.327 e. The van der Waals surface area contributed by atoms with Gasteiger partial charge in [-0.15, -0.1) is 0 Å². The van der Waals surface area contributed by atoms with Crippen molar-refractivity contribution < 1.29 is 19.1 Å². The molecular formula is C27H45NO4. The van der Waals surface area contributed by atoms with Crippen LogP contribution in [0.1, 0.15) is 115 Å². The Morgan fingerprint density at radius 2 is 1.28 bits per heavy atom. The molecule has 0 amide bonds. The SMILES string of the molecule is CCCCCCCCCCCCCCCC(=O)OC(c1ccccc1)C(N)C(=O)OCC. The summed E-state index contributed by atoms with van der Waals surface area (Å²) >= 11 is 0. The molecule has 1 aromatic rings. The van der Waals surface area contributed by atoms with Crippen molar-refractivity contribution in [3.8, 4) is 0 Å². The minimum absolute atomic E-state index is 0.237. The van der Waals surface area contributed by atoms with E-state index in [1.54, 1.807) is 6.92 Å². The van der Waals surface area contributed by atoms with Crippen LogP contribution in [0.25, 0.3) is 0 Å². The molecule has 1 rings (SSSR count). The number of nitrogens with two attached hydrogens (primary N) is 1. The zero-order valence-corrected chi connectivity index (χ0v) is 20.4. The first-order valence-corrected chi connectivity index (χ1v) is 12.8. The van der Waals surface area contributed by atoms with Crippen LogP contribution in [0.15, 0.2) is 30.3 Å². The van der Waals surface area contributed by atoms with Gasteiger partial charge in [0.05, 0.1) is 6.61 Å². The van der Waals surface area contributed by atoms with Crippen LogP contribution in [0.3, 0.4) is 0 Å². The maximum atomic E-state index is 12.4. The largest absolute Gasteiger partial charge is 0.465 e. The number of unbranched alkanes of at least 4 members (excludes halogenated alkanes) is 12. The van der Waals surface area contributed by atoms with Gasteiger partial charge in [0.2, 0.25) is 0 Å². The van der Waals surface area contributed by atoms with Crippen molar-refractivity contribution in [2.75, 3.05) is 6.61 Å². The van der Waals surface area contributed by atoms with E-state index >= 15 is 0 Å². The van der Waals surface area contributed by atoms with E-state index in [-0.39, 0.29) is 12.6 Å². The topological polar surface area (TPSA) is 78.6 Å². The molecule has 0 saturated carbocycles. The third-order valence-corrected chi connectivity index (χ3v) is 5.76. The van der Waals surface area contributed by atoms with Crippen molar-refractivity contribution in [3.63, 3.8) is 0 Å². The van der Waals surface area contributed by atoms with Gasteiger partial charge in [0.25, 0.3) is 0 Å². The number of rotatable bonds is 19. The quantitative estimate of drug-likeness (QED) is 0.190. The molecule has 0 heterocycles. The fourth-order valence-corrected chi connectivity index (χ4v) is 3.84. The van der Waals surface area contributed by atoms with Gasteiger partial charge >= 0.3 is 11.9 Å². The number of ether oxygens (including phenoxy) is 2. The summed E-state index contributed by atoms with van der Waals surface area (Å²) in [5.74, 6) is -0.878. The van der Waals surface area contributed by atoms with Crippen LogP contribution in [0, 0.1) is 0 Å². The zero-order valence-electron chi connectivity index (χ0n) is 20.4. The van der Waals surface area contributed by atoms with Gasteiger partial charge in [0.1, 0.15) is 6.04 Å².